The fourth-order valence-corrected chi connectivity index (χ4v) is 1.56. The Bertz CT molecular complexity index is 381. The molecule has 1 unspecified atom stereocenters. The monoisotopic (exact) mass is 268 g/mol. The second kappa shape index (κ2) is 7.31. The SMILES string of the molecule is COCCC(C)(O)CNc1ncccc1OC(C)C. The van der Waals surface area contributed by atoms with Crippen molar-refractivity contribution >= 4 is 5.82 Å². The van der Waals surface area contributed by atoms with Gasteiger partial charge in [-0.15, -0.1) is 0 Å². The van der Waals surface area contributed by atoms with Gasteiger partial charge >= 0.3 is 0 Å². The summed E-state index contributed by atoms with van der Waals surface area (Å²) >= 11 is 0. The van der Waals surface area contributed by atoms with Gasteiger partial charge in [0.05, 0.1) is 11.7 Å². The summed E-state index contributed by atoms with van der Waals surface area (Å²) in [5.41, 5.74) is -0.845. The second-order valence-corrected chi connectivity index (χ2v) is 5.11. The quantitative estimate of drug-likeness (QED) is 0.755. The summed E-state index contributed by atoms with van der Waals surface area (Å²) < 4.78 is 10.6. The minimum absolute atomic E-state index is 0.0822. The van der Waals surface area contributed by atoms with E-state index in [1.165, 1.54) is 0 Å². The molecule has 0 radical (unpaired) electrons. The molecular weight excluding hydrogens is 244 g/mol. The van der Waals surface area contributed by atoms with E-state index < -0.39 is 5.60 Å². The van der Waals surface area contributed by atoms with Gasteiger partial charge in [-0.3, -0.25) is 0 Å². The number of anilines is 1. The van der Waals surface area contributed by atoms with Crippen molar-refractivity contribution in [2.75, 3.05) is 25.6 Å². The molecule has 5 heteroatoms. The molecule has 0 amide bonds. The lowest BCUT2D eigenvalue weighted by atomic mass is 10.0. The number of ether oxygens (including phenoxy) is 2. The fraction of sp³-hybridized carbons (Fsp3) is 0.643. The largest absolute Gasteiger partial charge is 0.487 e. The van der Waals surface area contributed by atoms with Crippen LogP contribution < -0.4 is 10.1 Å². The Morgan fingerprint density at radius 3 is 2.84 bits per heavy atom. The van der Waals surface area contributed by atoms with Crippen LogP contribution in [-0.4, -0.2) is 42.1 Å². The van der Waals surface area contributed by atoms with Crippen molar-refractivity contribution in [2.45, 2.75) is 38.9 Å². The molecule has 2 N–H and O–H groups in total. The third-order valence-electron chi connectivity index (χ3n) is 2.61. The van der Waals surface area contributed by atoms with Crippen LogP contribution in [0.1, 0.15) is 27.2 Å². The first-order valence-electron chi connectivity index (χ1n) is 6.51. The molecular formula is C14H24N2O3. The highest BCUT2D eigenvalue weighted by atomic mass is 16.5. The average molecular weight is 268 g/mol. The van der Waals surface area contributed by atoms with Crippen LogP contribution in [0, 0.1) is 0 Å². The molecule has 19 heavy (non-hydrogen) atoms. The van der Waals surface area contributed by atoms with Crippen molar-refractivity contribution in [3.05, 3.63) is 18.3 Å². The Hall–Kier alpha value is -1.33. The number of hydrogen-bond acceptors (Lipinski definition) is 5. The predicted octanol–water partition coefficient (Wildman–Crippen LogP) is 2.07. The number of hydrogen-bond donors (Lipinski definition) is 2. The lowest BCUT2D eigenvalue weighted by Crippen LogP contribution is -2.35. The third-order valence-corrected chi connectivity index (χ3v) is 2.61. The van der Waals surface area contributed by atoms with E-state index in [0.29, 0.717) is 31.1 Å². The van der Waals surface area contributed by atoms with Gasteiger partial charge in [-0.1, -0.05) is 0 Å². The normalized spacial score (nSPS) is 14.2. The van der Waals surface area contributed by atoms with Gasteiger partial charge in [0.25, 0.3) is 0 Å². The van der Waals surface area contributed by atoms with Gasteiger partial charge in [-0.2, -0.15) is 0 Å². The Kier molecular flexibility index (Phi) is 6.05. The molecule has 0 fully saturated rings. The summed E-state index contributed by atoms with van der Waals surface area (Å²) in [6, 6.07) is 3.69. The van der Waals surface area contributed by atoms with Crippen LogP contribution in [0.25, 0.3) is 0 Å². The molecule has 1 rings (SSSR count). The maximum atomic E-state index is 10.2. The van der Waals surface area contributed by atoms with Crippen LogP contribution in [0.15, 0.2) is 18.3 Å². The second-order valence-electron chi connectivity index (χ2n) is 5.11. The van der Waals surface area contributed by atoms with Crippen molar-refractivity contribution in [3.63, 3.8) is 0 Å². The van der Waals surface area contributed by atoms with E-state index in [-0.39, 0.29) is 6.10 Å². The lowest BCUT2D eigenvalue weighted by molar-refractivity contribution is 0.0356. The highest BCUT2D eigenvalue weighted by molar-refractivity contribution is 5.49. The van der Waals surface area contributed by atoms with Crippen LogP contribution in [0.2, 0.25) is 0 Å². The smallest absolute Gasteiger partial charge is 0.168 e. The van der Waals surface area contributed by atoms with E-state index >= 15 is 0 Å². The molecule has 1 heterocycles. The van der Waals surface area contributed by atoms with Crippen molar-refractivity contribution in [3.8, 4) is 5.75 Å². The zero-order chi connectivity index (χ0) is 14.3. The lowest BCUT2D eigenvalue weighted by Gasteiger charge is -2.24. The molecule has 108 valence electrons. The Morgan fingerprint density at radius 1 is 1.47 bits per heavy atom. The number of pyridine rings is 1. The first kappa shape index (κ1) is 15.7. The molecule has 0 aliphatic carbocycles. The van der Waals surface area contributed by atoms with E-state index in [0.717, 1.165) is 0 Å². The summed E-state index contributed by atoms with van der Waals surface area (Å²) in [7, 11) is 1.62. The van der Waals surface area contributed by atoms with Crippen molar-refractivity contribution < 1.29 is 14.6 Å². The summed E-state index contributed by atoms with van der Waals surface area (Å²) in [5.74, 6) is 1.34. The van der Waals surface area contributed by atoms with E-state index in [4.69, 9.17) is 9.47 Å². The molecule has 0 bridgehead atoms. The molecule has 1 aromatic rings. The molecule has 0 aliphatic heterocycles. The van der Waals surface area contributed by atoms with E-state index in [1.54, 1.807) is 20.2 Å². The van der Waals surface area contributed by atoms with Crippen LogP contribution >= 0.6 is 0 Å². The number of aromatic nitrogens is 1. The molecule has 0 aliphatic rings. The van der Waals surface area contributed by atoms with Crippen molar-refractivity contribution in [1.82, 2.24) is 4.98 Å². The maximum absolute atomic E-state index is 10.2. The first-order valence-corrected chi connectivity index (χ1v) is 6.51. The zero-order valence-electron chi connectivity index (χ0n) is 12.1. The van der Waals surface area contributed by atoms with Gasteiger partial charge in [-0.25, -0.2) is 4.98 Å². The van der Waals surface area contributed by atoms with Gasteiger partial charge in [0.2, 0.25) is 0 Å². The maximum Gasteiger partial charge on any atom is 0.168 e. The first-order chi connectivity index (χ1) is 8.94. The summed E-state index contributed by atoms with van der Waals surface area (Å²) in [6.07, 6.45) is 2.34. The molecule has 0 spiro atoms. The highest BCUT2D eigenvalue weighted by Gasteiger charge is 2.20. The molecule has 0 saturated heterocycles. The zero-order valence-corrected chi connectivity index (χ0v) is 12.1. The number of nitrogens with zero attached hydrogens (tertiary/aromatic N) is 1. The standard InChI is InChI=1S/C14H24N2O3/c1-11(2)19-12-6-5-8-15-13(12)16-10-14(3,17)7-9-18-4/h5-6,8,11,17H,7,9-10H2,1-4H3,(H,15,16). The Labute approximate surface area is 115 Å². The molecule has 1 atom stereocenters. The van der Waals surface area contributed by atoms with Gasteiger partial charge in [0, 0.05) is 32.9 Å². The predicted molar refractivity (Wildman–Crippen MR) is 75.6 cm³/mol. The van der Waals surface area contributed by atoms with Gasteiger partial charge in [-0.05, 0) is 32.9 Å². The Balaban J connectivity index is 2.61. The summed E-state index contributed by atoms with van der Waals surface area (Å²) in [5, 5.41) is 13.3. The third kappa shape index (κ3) is 5.89. The van der Waals surface area contributed by atoms with Crippen molar-refractivity contribution in [2.24, 2.45) is 0 Å². The summed E-state index contributed by atoms with van der Waals surface area (Å²) in [4.78, 5) is 4.24. The fourth-order valence-electron chi connectivity index (χ4n) is 1.56. The van der Waals surface area contributed by atoms with E-state index in [9.17, 15) is 5.11 Å². The van der Waals surface area contributed by atoms with Crippen molar-refractivity contribution in [1.29, 1.82) is 0 Å². The minimum atomic E-state index is -0.845. The number of aliphatic hydroxyl groups is 1. The van der Waals surface area contributed by atoms with Crippen LogP contribution in [-0.2, 0) is 4.74 Å². The Morgan fingerprint density at radius 2 is 2.21 bits per heavy atom. The molecule has 1 aromatic heterocycles. The van der Waals surface area contributed by atoms with Gasteiger partial charge in [0.15, 0.2) is 11.6 Å². The average Bonchev–Trinajstić information content (AvgIpc) is 2.35. The molecule has 5 nitrogen and oxygen atoms in total. The molecule has 0 aromatic carbocycles. The van der Waals surface area contributed by atoms with E-state index in [2.05, 4.69) is 10.3 Å². The molecule has 0 saturated carbocycles. The van der Waals surface area contributed by atoms with Crippen LogP contribution in [0.4, 0.5) is 5.82 Å². The number of methoxy groups -OCH3 is 1. The highest BCUT2D eigenvalue weighted by Crippen LogP contribution is 2.23. The van der Waals surface area contributed by atoms with Gasteiger partial charge in [0.1, 0.15) is 0 Å². The minimum Gasteiger partial charge on any atom is -0.487 e. The van der Waals surface area contributed by atoms with E-state index in [1.807, 2.05) is 26.0 Å². The van der Waals surface area contributed by atoms with Crippen LogP contribution in [0.3, 0.4) is 0 Å². The number of rotatable bonds is 8. The summed E-state index contributed by atoms with van der Waals surface area (Å²) in [6.45, 7) is 6.61. The van der Waals surface area contributed by atoms with Crippen LogP contribution in [0.5, 0.6) is 5.75 Å². The number of nitrogens with one attached hydrogen (secondary N) is 1. The van der Waals surface area contributed by atoms with Gasteiger partial charge < -0.3 is 19.9 Å². The topological polar surface area (TPSA) is 63.6 Å².